The molecule has 1 fully saturated rings. The van der Waals surface area contributed by atoms with E-state index < -0.39 is 6.72 Å². The van der Waals surface area contributed by atoms with Crippen LogP contribution in [0.4, 0.5) is 5.82 Å². The van der Waals surface area contributed by atoms with Gasteiger partial charge >= 0.3 is 6.72 Å². The van der Waals surface area contributed by atoms with Gasteiger partial charge in [0, 0.05) is 25.7 Å². The van der Waals surface area contributed by atoms with Crippen molar-refractivity contribution < 1.29 is 13.8 Å². The van der Waals surface area contributed by atoms with Crippen molar-refractivity contribution >= 4 is 30.6 Å². The van der Waals surface area contributed by atoms with Crippen molar-refractivity contribution in [2.75, 3.05) is 46.1 Å². The standard InChI is InChI=1S/C17H34N7O3PS/c1-6-7-20-16(18)15-17(19)24(11-21-15)14-9-23(12(2)3)8-13(27-14)10-26-28(25,29)22(4)5/h11-14H,6-10,19H2,1-5H3,(H2,18,20)(H,25,29)/t13-,14+,28?/m0/s1. The van der Waals surface area contributed by atoms with Gasteiger partial charge in [-0.25, -0.2) is 9.65 Å². The molecule has 1 aliphatic rings. The Bertz CT molecular complexity index is 755. The number of morpholine rings is 1. The molecular formula is C17H34N7O3PS. The van der Waals surface area contributed by atoms with Crippen LogP contribution < -0.4 is 11.5 Å². The third kappa shape index (κ3) is 6.19. The Labute approximate surface area is 178 Å². The van der Waals surface area contributed by atoms with Crippen molar-refractivity contribution in [2.45, 2.75) is 45.6 Å². The second-order valence-corrected chi connectivity index (χ2v) is 11.1. The average Bonchev–Trinajstić information content (AvgIpc) is 3.05. The summed E-state index contributed by atoms with van der Waals surface area (Å²) in [6.45, 7) is 5.16. The first-order valence-electron chi connectivity index (χ1n) is 9.74. The van der Waals surface area contributed by atoms with Crippen LogP contribution in [-0.2, 0) is 13.8 Å². The number of nitrogens with two attached hydrogens (primary N) is 2. The van der Waals surface area contributed by atoms with Crippen LogP contribution in [0.5, 0.6) is 0 Å². The molecule has 1 saturated heterocycles. The molecule has 2 heterocycles. The smallest absolute Gasteiger partial charge is 0.325 e. The number of hydrogen-bond acceptors (Lipinski definition) is 7. The van der Waals surface area contributed by atoms with E-state index in [2.05, 4.69) is 41.0 Å². The van der Waals surface area contributed by atoms with E-state index in [1.165, 1.54) is 4.67 Å². The van der Waals surface area contributed by atoms with Gasteiger partial charge < -0.3 is 20.7 Å². The van der Waals surface area contributed by atoms with Crippen LogP contribution in [-0.4, -0.2) is 77.4 Å². The number of rotatable bonds is 9. The Kier molecular flexibility index (Phi) is 8.57. The summed E-state index contributed by atoms with van der Waals surface area (Å²) in [5, 5.41) is 0. The first-order chi connectivity index (χ1) is 13.6. The van der Waals surface area contributed by atoms with Crippen LogP contribution in [0.15, 0.2) is 11.3 Å². The summed E-state index contributed by atoms with van der Waals surface area (Å²) in [5.74, 6) is 0.729. The average molecular weight is 448 g/mol. The normalized spacial score (nSPS) is 23.7. The molecular weight excluding hydrogens is 413 g/mol. The number of amidine groups is 1. The zero-order valence-electron chi connectivity index (χ0n) is 17.9. The Morgan fingerprint density at radius 1 is 1.52 bits per heavy atom. The lowest BCUT2D eigenvalue weighted by Crippen LogP contribution is -2.49. The summed E-state index contributed by atoms with van der Waals surface area (Å²) < 4.78 is 27.4. The largest absolute Gasteiger partial charge is 0.383 e. The first-order valence-corrected chi connectivity index (χ1v) is 12.5. The maximum atomic E-state index is 12.4. The molecule has 166 valence electrons. The van der Waals surface area contributed by atoms with E-state index in [9.17, 15) is 4.57 Å². The molecule has 10 nitrogen and oxygen atoms in total. The minimum atomic E-state index is -3.14. The molecule has 3 atom stereocenters. The van der Waals surface area contributed by atoms with Crippen molar-refractivity contribution in [1.29, 1.82) is 0 Å². The van der Waals surface area contributed by atoms with Gasteiger partial charge in [-0.15, -0.1) is 0 Å². The van der Waals surface area contributed by atoms with Gasteiger partial charge in [0.2, 0.25) is 0 Å². The quantitative estimate of drug-likeness (QED) is 0.227. The number of thiol groups is 1. The van der Waals surface area contributed by atoms with Crippen molar-refractivity contribution in [3.05, 3.63) is 12.0 Å². The second-order valence-electron chi connectivity index (χ2n) is 7.55. The van der Waals surface area contributed by atoms with Gasteiger partial charge in [0.1, 0.15) is 23.6 Å². The number of nitrogens with zero attached hydrogens (tertiary/aromatic N) is 5. The van der Waals surface area contributed by atoms with Crippen molar-refractivity contribution in [1.82, 2.24) is 19.1 Å². The highest BCUT2D eigenvalue weighted by molar-refractivity contribution is 8.45. The van der Waals surface area contributed by atoms with Gasteiger partial charge in [-0.1, -0.05) is 19.2 Å². The number of ether oxygens (including phenoxy) is 1. The molecule has 1 aliphatic heterocycles. The lowest BCUT2D eigenvalue weighted by molar-refractivity contribution is -0.136. The summed E-state index contributed by atoms with van der Waals surface area (Å²) >= 11 is 4.13. The lowest BCUT2D eigenvalue weighted by atomic mass is 10.2. The number of hydrogen-bond donors (Lipinski definition) is 3. The zero-order chi connectivity index (χ0) is 21.8. The molecule has 1 aromatic heterocycles. The lowest BCUT2D eigenvalue weighted by Gasteiger charge is -2.40. The molecule has 0 radical (unpaired) electrons. The Morgan fingerprint density at radius 2 is 2.21 bits per heavy atom. The SMILES string of the molecule is CCC/N=C(/N)c1ncn([C@H]2CN(C(C)C)C[C@@H](COP(=O)(S)N(C)C)O2)c1N. The van der Waals surface area contributed by atoms with Gasteiger partial charge in [0.05, 0.1) is 19.0 Å². The van der Waals surface area contributed by atoms with E-state index in [1.807, 2.05) is 6.92 Å². The number of aromatic nitrogens is 2. The fraction of sp³-hybridized carbons (Fsp3) is 0.765. The van der Waals surface area contributed by atoms with E-state index in [4.69, 9.17) is 20.7 Å². The molecule has 29 heavy (non-hydrogen) atoms. The Morgan fingerprint density at radius 3 is 2.79 bits per heavy atom. The van der Waals surface area contributed by atoms with Gasteiger partial charge in [-0.05, 0) is 34.4 Å². The third-order valence-electron chi connectivity index (χ3n) is 4.73. The molecule has 12 heteroatoms. The monoisotopic (exact) mass is 447 g/mol. The van der Waals surface area contributed by atoms with E-state index >= 15 is 0 Å². The van der Waals surface area contributed by atoms with E-state index in [-0.39, 0.29) is 18.9 Å². The summed E-state index contributed by atoms with van der Waals surface area (Å²) in [6.07, 6.45) is 1.83. The second kappa shape index (κ2) is 10.3. The molecule has 0 saturated carbocycles. The number of nitrogen functional groups attached to an aromatic ring is 1. The third-order valence-corrected chi connectivity index (χ3v) is 7.65. The predicted molar refractivity (Wildman–Crippen MR) is 119 cm³/mol. The van der Waals surface area contributed by atoms with Crippen LogP contribution in [0.2, 0.25) is 0 Å². The van der Waals surface area contributed by atoms with E-state index in [0.717, 1.165) is 6.42 Å². The molecule has 0 bridgehead atoms. The van der Waals surface area contributed by atoms with E-state index in [1.54, 1.807) is 25.0 Å². The van der Waals surface area contributed by atoms with Crippen LogP contribution in [0.1, 0.15) is 39.1 Å². The highest BCUT2D eigenvalue weighted by atomic mass is 32.7. The van der Waals surface area contributed by atoms with Crippen molar-refractivity contribution in [2.24, 2.45) is 10.7 Å². The van der Waals surface area contributed by atoms with Crippen molar-refractivity contribution in [3.63, 3.8) is 0 Å². The number of aliphatic imine (C=N–C) groups is 1. The molecule has 2 rings (SSSR count). The molecule has 1 aromatic rings. The van der Waals surface area contributed by atoms with Crippen molar-refractivity contribution in [3.8, 4) is 0 Å². The van der Waals surface area contributed by atoms with Gasteiger partial charge in [0.25, 0.3) is 0 Å². The fourth-order valence-corrected chi connectivity index (χ4v) is 3.70. The Balaban J connectivity index is 2.19. The molecule has 0 aliphatic carbocycles. The summed E-state index contributed by atoms with van der Waals surface area (Å²) in [4.78, 5) is 10.9. The fourth-order valence-electron chi connectivity index (χ4n) is 2.91. The van der Waals surface area contributed by atoms with Crippen LogP contribution in [0, 0.1) is 0 Å². The molecule has 0 spiro atoms. The zero-order valence-corrected chi connectivity index (χ0v) is 19.6. The molecule has 0 aromatic carbocycles. The minimum Gasteiger partial charge on any atom is -0.383 e. The summed E-state index contributed by atoms with van der Waals surface area (Å²) in [5.41, 5.74) is 12.8. The minimum absolute atomic E-state index is 0.153. The predicted octanol–water partition coefficient (Wildman–Crippen LogP) is 1.80. The van der Waals surface area contributed by atoms with Gasteiger partial charge in [0.15, 0.2) is 0 Å². The van der Waals surface area contributed by atoms with Crippen LogP contribution >= 0.6 is 19.0 Å². The summed E-state index contributed by atoms with van der Waals surface area (Å²) in [7, 11) is 3.33. The Hall–Kier alpha value is -1.10. The summed E-state index contributed by atoms with van der Waals surface area (Å²) in [6, 6.07) is 0.293. The van der Waals surface area contributed by atoms with Crippen LogP contribution in [0.3, 0.4) is 0 Å². The highest BCUT2D eigenvalue weighted by Gasteiger charge is 2.33. The van der Waals surface area contributed by atoms with E-state index in [0.29, 0.717) is 43.0 Å². The van der Waals surface area contributed by atoms with Gasteiger partial charge in [-0.3, -0.25) is 19.0 Å². The first kappa shape index (κ1) is 24.2. The number of imidazole rings is 1. The maximum absolute atomic E-state index is 12.4. The van der Waals surface area contributed by atoms with Gasteiger partial charge in [-0.2, -0.15) is 0 Å². The molecule has 0 amide bonds. The highest BCUT2D eigenvalue weighted by Crippen LogP contribution is 2.53. The number of anilines is 1. The topological polar surface area (TPSA) is 124 Å². The molecule has 4 N–H and O–H groups in total. The maximum Gasteiger partial charge on any atom is 0.325 e. The van der Waals surface area contributed by atoms with Crippen LogP contribution in [0.25, 0.3) is 0 Å². The molecule has 1 unspecified atom stereocenters.